The van der Waals surface area contributed by atoms with Gasteiger partial charge in [0.15, 0.2) is 0 Å². The molecule has 2 heteroatoms. The molecule has 1 aromatic rings. The summed E-state index contributed by atoms with van der Waals surface area (Å²) in [4.78, 5) is 2.40. The summed E-state index contributed by atoms with van der Waals surface area (Å²) in [6.07, 6.45) is 1.14. The van der Waals surface area contributed by atoms with Crippen LogP contribution in [-0.2, 0) is 6.42 Å². The summed E-state index contributed by atoms with van der Waals surface area (Å²) in [5, 5.41) is 3.48. The Morgan fingerprint density at radius 1 is 1.11 bits per heavy atom. The van der Waals surface area contributed by atoms with E-state index in [9.17, 15) is 0 Å². The normalized spacial score (nSPS) is 11.4. The van der Waals surface area contributed by atoms with E-state index in [-0.39, 0.29) is 0 Å². The van der Waals surface area contributed by atoms with Crippen molar-refractivity contribution in [3.8, 4) is 0 Å². The molecule has 0 amide bonds. The minimum Gasteiger partial charge on any atom is -0.315 e. The van der Waals surface area contributed by atoms with Crippen LogP contribution in [0.4, 0.5) is 0 Å². The number of aryl methyl sites for hydroxylation is 1. The molecule has 18 heavy (non-hydrogen) atoms. The highest BCUT2D eigenvalue weighted by atomic mass is 15.1. The fourth-order valence-electron chi connectivity index (χ4n) is 1.85. The van der Waals surface area contributed by atoms with E-state index in [1.165, 1.54) is 11.1 Å². The summed E-state index contributed by atoms with van der Waals surface area (Å²) in [7, 11) is 2.20. The molecule has 0 radical (unpaired) electrons. The monoisotopic (exact) mass is 248 g/mol. The Morgan fingerprint density at radius 2 is 1.78 bits per heavy atom. The lowest BCUT2D eigenvalue weighted by Gasteiger charge is -2.17. The number of hydrogen-bond donors (Lipinski definition) is 1. The smallest absolute Gasteiger partial charge is 0.0104 e. The number of likely N-dealkylation sites (N-methyl/N-ethyl adjacent to an activating group) is 1. The van der Waals surface area contributed by atoms with E-state index in [0.29, 0.717) is 0 Å². The third kappa shape index (κ3) is 6.77. The van der Waals surface area contributed by atoms with Gasteiger partial charge in [0, 0.05) is 19.6 Å². The zero-order valence-corrected chi connectivity index (χ0v) is 12.4. The average Bonchev–Trinajstić information content (AvgIpc) is 2.34. The van der Waals surface area contributed by atoms with Crippen LogP contribution in [0.5, 0.6) is 0 Å². The van der Waals surface area contributed by atoms with E-state index in [1.807, 2.05) is 0 Å². The molecule has 0 fully saturated rings. The van der Waals surface area contributed by atoms with Gasteiger partial charge in [-0.05, 0) is 38.4 Å². The SMILES string of the molecule is Cc1ccc(CCN(C)CCNCC(C)C)cc1. The van der Waals surface area contributed by atoms with Gasteiger partial charge in [-0.15, -0.1) is 0 Å². The second-order valence-electron chi connectivity index (χ2n) is 5.64. The third-order valence-corrected chi connectivity index (χ3v) is 3.13. The highest BCUT2D eigenvalue weighted by Gasteiger charge is 2.00. The summed E-state index contributed by atoms with van der Waals surface area (Å²) in [5.41, 5.74) is 2.77. The van der Waals surface area contributed by atoms with E-state index in [0.717, 1.165) is 38.5 Å². The first-order valence-corrected chi connectivity index (χ1v) is 7.02. The van der Waals surface area contributed by atoms with Crippen LogP contribution in [0.3, 0.4) is 0 Å². The zero-order valence-electron chi connectivity index (χ0n) is 12.4. The lowest BCUT2D eigenvalue weighted by Crippen LogP contribution is -2.32. The molecule has 0 aromatic heterocycles. The Labute approximate surface area is 112 Å². The molecule has 0 spiro atoms. The molecule has 0 bridgehead atoms. The van der Waals surface area contributed by atoms with Gasteiger partial charge in [-0.2, -0.15) is 0 Å². The van der Waals surface area contributed by atoms with Crippen molar-refractivity contribution in [3.05, 3.63) is 35.4 Å². The van der Waals surface area contributed by atoms with Gasteiger partial charge in [-0.3, -0.25) is 0 Å². The van der Waals surface area contributed by atoms with Crippen LogP contribution in [-0.4, -0.2) is 38.1 Å². The van der Waals surface area contributed by atoms with Crippen molar-refractivity contribution in [2.45, 2.75) is 27.2 Å². The standard InChI is InChI=1S/C16H28N2/c1-14(2)13-17-10-12-18(4)11-9-16-7-5-15(3)6-8-16/h5-8,14,17H,9-13H2,1-4H3. The highest BCUT2D eigenvalue weighted by Crippen LogP contribution is 2.04. The molecule has 2 nitrogen and oxygen atoms in total. The summed E-state index contributed by atoms with van der Waals surface area (Å²) in [5.74, 6) is 0.739. The van der Waals surface area contributed by atoms with Gasteiger partial charge < -0.3 is 10.2 Å². The van der Waals surface area contributed by atoms with Gasteiger partial charge in [0.1, 0.15) is 0 Å². The Hall–Kier alpha value is -0.860. The summed E-state index contributed by atoms with van der Waals surface area (Å²) in [6, 6.07) is 8.86. The van der Waals surface area contributed by atoms with Crippen molar-refractivity contribution in [3.63, 3.8) is 0 Å². The maximum atomic E-state index is 3.48. The van der Waals surface area contributed by atoms with Crippen LogP contribution >= 0.6 is 0 Å². The first-order valence-electron chi connectivity index (χ1n) is 7.02. The maximum Gasteiger partial charge on any atom is 0.0104 e. The van der Waals surface area contributed by atoms with Gasteiger partial charge in [-0.25, -0.2) is 0 Å². The van der Waals surface area contributed by atoms with E-state index in [1.54, 1.807) is 0 Å². The zero-order chi connectivity index (χ0) is 13.4. The fraction of sp³-hybridized carbons (Fsp3) is 0.625. The van der Waals surface area contributed by atoms with Gasteiger partial charge in [0.2, 0.25) is 0 Å². The topological polar surface area (TPSA) is 15.3 Å². The number of hydrogen-bond acceptors (Lipinski definition) is 2. The van der Waals surface area contributed by atoms with E-state index in [2.05, 4.69) is 62.3 Å². The Morgan fingerprint density at radius 3 is 2.39 bits per heavy atom. The molecule has 1 N–H and O–H groups in total. The van der Waals surface area contributed by atoms with Crippen LogP contribution in [0, 0.1) is 12.8 Å². The molecule has 102 valence electrons. The molecular weight excluding hydrogens is 220 g/mol. The van der Waals surface area contributed by atoms with Crippen LogP contribution < -0.4 is 5.32 Å². The summed E-state index contributed by atoms with van der Waals surface area (Å²) in [6.45, 7) is 11.1. The molecule has 0 aliphatic heterocycles. The first kappa shape index (κ1) is 15.2. The predicted molar refractivity (Wildman–Crippen MR) is 80.1 cm³/mol. The quantitative estimate of drug-likeness (QED) is 0.712. The Balaban J connectivity index is 2.13. The molecule has 1 rings (SSSR count). The van der Waals surface area contributed by atoms with Gasteiger partial charge in [-0.1, -0.05) is 43.7 Å². The highest BCUT2D eigenvalue weighted by molar-refractivity contribution is 5.21. The second kappa shape index (κ2) is 8.28. The van der Waals surface area contributed by atoms with E-state index in [4.69, 9.17) is 0 Å². The van der Waals surface area contributed by atoms with E-state index >= 15 is 0 Å². The van der Waals surface area contributed by atoms with Crippen LogP contribution in [0.15, 0.2) is 24.3 Å². The lowest BCUT2D eigenvalue weighted by atomic mass is 10.1. The average molecular weight is 248 g/mol. The molecule has 1 aromatic carbocycles. The molecule has 0 unspecified atom stereocenters. The van der Waals surface area contributed by atoms with Crippen molar-refractivity contribution < 1.29 is 0 Å². The van der Waals surface area contributed by atoms with Crippen molar-refractivity contribution in [2.24, 2.45) is 5.92 Å². The molecule has 0 atom stereocenters. The first-order chi connectivity index (χ1) is 8.58. The number of nitrogens with zero attached hydrogens (tertiary/aromatic N) is 1. The molecular formula is C16H28N2. The number of rotatable bonds is 8. The molecule has 0 saturated carbocycles. The van der Waals surface area contributed by atoms with Crippen molar-refractivity contribution in [1.82, 2.24) is 10.2 Å². The van der Waals surface area contributed by atoms with Gasteiger partial charge in [0.25, 0.3) is 0 Å². The van der Waals surface area contributed by atoms with Crippen LogP contribution in [0.25, 0.3) is 0 Å². The van der Waals surface area contributed by atoms with Crippen molar-refractivity contribution >= 4 is 0 Å². The molecule has 0 aliphatic carbocycles. The van der Waals surface area contributed by atoms with Gasteiger partial charge >= 0.3 is 0 Å². The fourth-order valence-corrected chi connectivity index (χ4v) is 1.85. The molecule has 0 aliphatic rings. The molecule has 0 saturated heterocycles. The lowest BCUT2D eigenvalue weighted by molar-refractivity contribution is 0.332. The Kier molecular flexibility index (Phi) is 6.99. The van der Waals surface area contributed by atoms with Crippen molar-refractivity contribution in [1.29, 1.82) is 0 Å². The third-order valence-electron chi connectivity index (χ3n) is 3.13. The second-order valence-corrected chi connectivity index (χ2v) is 5.64. The molecule has 0 heterocycles. The largest absolute Gasteiger partial charge is 0.315 e. The minimum atomic E-state index is 0.739. The maximum absolute atomic E-state index is 3.48. The van der Waals surface area contributed by atoms with E-state index < -0.39 is 0 Å². The predicted octanol–water partition coefficient (Wildman–Crippen LogP) is 2.71. The number of benzene rings is 1. The summed E-state index contributed by atoms with van der Waals surface area (Å²) < 4.78 is 0. The van der Waals surface area contributed by atoms with Crippen LogP contribution in [0.1, 0.15) is 25.0 Å². The van der Waals surface area contributed by atoms with Crippen LogP contribution in [0.2, 0.25) is 0 Å². The van der Waals surface area contributed by atoms with Crippen molar-refractivity contribution in [2.75, 3.05) is 33.2 Å². The summed E-state index contributed by atoms with van der Waals surface area (Å²) >= 11 is 0. The number of nitrogens with one attached hydrogen (secondary N) is 1. The minimum absolute atomic E-state index is 0.739. The van der Waals surface area contributed by atoms with Gasteiger partial charge in [0.05, 0.1) is 0 Å². The Bertz CT molecular complexity index is 316.